The topological polar surface area (TPSA) is 52.7 Å². The highest BCUT2D eigenvalue weighted by Gasteiger charge is 2.24. The zero-order valence-corrected chi connectivity index (χ0v) is 15.9. The largest absolute Gasteiger partial charge is 0.326 e. The van der Waals surface area contributed by atoms with Gasteiger partial charge in [0.25, 0.3) is 5.91 Å². The normalized spacial score (nSPS) is 13.4. The van der Waals surface area contributed by atoms with Crippen molar-refractivity contribution in [3.05, 3.63) is 54.1 Å². The number of hydrogen-bond acceptors (Lipinski definition) is 4. The van der Waals surface area contributed by atoms with Crippen molar-refractivity contribution in [2.75, 3.05) is 43.2 Å². The van der Waals surface area contributed by atoms with E-state index in [0.717, 1.165) is 22.0 Å². The van der Waals surface area contributed by atoms with E-state index in [9.17, 15) is 9.59 Å². The summed E-state index contributed by atoms with van der Waals surface area (Å²) in [4.78, 5) is 29.8. The maximum Gasteiger partial charge on any atom is 0.258 e. The van der Waals surface area contributed by atoms with Crippen LogP contribution in [0.5, 0.6) is 0 Å². The molecule has 0 saturated heterocycles. The molecule has 1 aliphatic rings. The number of anilines is 2. The molecule has 0 radical (unpaired) electrons. The van der Waals surface area contributed by atoms with Crippen molar-refractivity contribution in [2.24, 2.45) is 0 Å². The van der Waals surface area contributed by atoms with Crippen LogP contribution in [0.2, 0.25) is 0 Å². The van der Waals surface area contributed by atoms with Crippen molar-refractivity contribution >= 4 is 35.0 Å². The lowest BCUT2D eigenvalue weighted by atomic mass is 10.1. The maximum atomic E-state index is 12.9. The molecule has 0 aromatic heterocycles. The van der Waals surface area contributed by atoms with Crippen molar-refractivity contribution in [3.8, 4) is 0 Å². The molecule has 0 unspecified atom stereocenters. The van der Waals surface area contributed by atoms with E-state index in [0.29, 0.717) is 25.1 Å². The van der Waals surface area contributed by atoms with Gasteiger partial charge in [-0.1, -0.05) is 18.2 Å². The summed E-state index contributed by atoms with van der Waals surface area (Å²) >= 11 is 1.73. The molecular formula is C20H23N3O2S. The van der Waals surface area contributed by atoms with Gasteiger partial charge in [-0.2, -0.15) is 0 Å². The first kappa shape index (κ1) is 18.5. The van der Waals surface area contributed by atoms with E-state index >= 15 is 0 Å². The van der Waals surface area contributed by atoms with Crippen LogP contribution >= 0.6 is 11.8 Å². The molecule has 0 atom stereocenters. The minimum absolute atomic E-state index is 0.0109. The highest BCUT2D eigenvalue weighted by atomic mass is 32.2. The number of rotatable bonds is 5. The van der Waals surface area contributed by atoms with Gasteiger partial charge >= 0.3 is 0 Å². The van der Waals surface area contributed by atoms with Gasteiger partial charge in [0, 0.05) is 41.4 Å². The highest BCUT2D eigenvalue weighted by Crippen LogP contribution is 2.37. The van der Waals surface area contributed by atoms with Gasteiger partial charge in [-0.05, 0) is 44.4 Å². The molecule has 1 heterocycles. The molecular weight excluding hydrogens is 346 g/mol. The molecule has 0 spiro atoms. The van der Waals surface area contributed by atoms with E-state index in [2.05, 4.69) is 5.32 Å². The summed E-state index contributed by atoms with van der Waals surface area (Å²) in [6.07, 6.45) is 0.436. The predicted octanol–water partition coefficient (Wildman–Crippen LogP) is 3.33. The third kappa shape index (κ3) is 4.45. The summed E-state index contributed by atoms with van der Waals surface area (Å²) in [5, 5.41) is 2.93. The fourth-order valence-corrected chi connectivity index (χ4v) is 3.77. The van der Waals surface area contributed by atoms with Crippen LogP contribution in [0.25, 0.3) is 0 Å². The van der Waals surface area contributed by atoms with Crippen molar-refractivity contribution in [1.82, 2.24) is 4.90 Å². The fraction of sp³-hybridized carbons (Fsp3) is 0.300. The number of nitrogens with one attached hydrogen (secondary N) is 1. The van der Waals surface area contributed by atoms with Gasteiger partial charge in [0.1, 0.15) is 0 Å². The number of hydrogen-bond donors (Lipinski definition) is 1. The Morgan fingerprint density at radius 1 is 1.15 bits per heavy atom. The van der Waals surface area contributed by atoms with Crippen LogP contribution in [0.4, 0.5) is 11.4 Å². The monoisotopic (exact) mass is 369 g/mol. The van der Waals surface area contributed by atoms with Crippen molar-refractivity contribution in [2.45, 2.75) is 11.3 Å². The number of thioether (sulfide) groups is 1. The second-order valence-corrected chi connectivity index (χ2v) is 7.59. The van der Waals surface area contributed by atoms with Gasteiger partial charge in [0.15, 0.2) is 0 Å². The van der Waals surface area contributed by atoms with Gasteiger partial charge < -0.3 is 15.1 Å². The van der Waals surface area contributed by atoms with Crippen LogP contribution in [0, 0.1) is 0 Å². The summed E-state index contributed by atoms with van der Waals surface area (Å²) in [5.74, 6) is 0.825. The molecule has 136 valence electrons. The number of amides is 2. The van der Waals surface area contributed by atoms with E-state index in [4.69, 9.17) is 0 Å². The Morgan fingerprint density at radius 3 is 2.65 bits per heavy atom. The van der Waals surface area contributed by atoms with Crippen LogP contribution in [-0.4, -0.2) is 49.7 Å². The maximum absolute atomic E-state index is 12.9. The average Bonchev–Trinajstić information content (AvgIpc) is 2.66. The van der Waals surface area contributed by atoms with Crippen LogP contribution in [0.3, 0.4) is 0 Å². The Labute approximate surface area is 158 Å². The lowest BCUT2D eigenvalue weighted by Gasteiger charge is -2.29. The van der Waals surface area contributed by atoms with E-state index < -0.39 is 0 Å². The number of fused-ring (bicyclic) bond motifs is 1. The first-order valence-electron chi connectivity index (χ1n) is 8.63. The van der Waals surface area contributed by atoms with Crippen molar-refractivity contribution in [1.29, 1.82) is 0 Å². The Balaban J connectivity index is 1.80. The molecule has 1 aliphatic heterocycles. The molecule has 1 N–H and O–H groups in total. The molecule has 0 aliphatic carbocycles. The third-order valence-electron chi connectivity index (χ3n) is 4.16. The Bertz CT molecular complexity index is 793. The summed E-state index contributed by atoms with van der Waals surface area (Å²) < 4.78 is 0. The molecule has 6 heteroatoms. The lowest BCUT2D eigenvalue weighted by molar-refractivity contribution is -0.116. The third-order valence-corrected chi connectivity index (χ3v) is 5.20. The standard InChI is InChI=1S/C20H23N3O2S/c1-22(2)11-10-19(24)21-16-8-9-18-17(14-16)23(12-13-26-18)20(25)15-6-4-3-5-7-15/h3-9,14H,10-13H2,1-2H3,(H,21,24). The van der Waals surface area contributed by atoms with Gasteiger partial charge in [-0.3, -0.25) is 9.59 Å². The van der Waals surface area contributed by atoms with Crippen LogP contribution in [-0.2, 0) is 4.79 Å². The molecule has 0 bridgehead atoms. The van der Waals surface area contributed by atoms with Gasteiger partial charge in [-0.15, -0.1) is 11.8 Å². The fourth-order valence-electron chi connectivity index (χ4n) is 2.79. The van der Waals surface area contributed by atoms with E-state index in [1.165, 1.54) is 0 Å². The van der Waals surface area contributed by atoms with Crippen molar-refractivity contribution in [3.63, 3.8) is 0 Å². The molecule has 2 aromatic carbocycles. The highest BCUT2D eigenvalue weighted by molar-refractivity contribution is 7.99. The van der Waals surface area contributed by atoms with Crippen LogP contribution < -0.4 is 10.2 Å². The summed E-state index contributed by atoms with van der Waals surface area (Å²) in [5.41, 5.74) is 2.26. The Morgan fingerprint density at radius 2 is 1.92 bits per heavy atom. The van der Waals surface area contributed by atoms with Crippen molar-refractivity contribution < 1.29 is 9.59 Å². The molecule has 2 amide bonds. The predicted molar refractivity (Wildman–Crippen MR) is 107 cm³/mol. The Hall–Kier alpha value is -2.31. The van der Waals surface area contributed by atoms with Gasteiger partial charge in [0.2, 0.25) is 5.91 Å². The lowest BCUT2D eigenvalue weighted by Crippen LogP contribution is -2.35. The SMILES string of the molecule is CN(C)CCC(=O)Nc1ccc2c(c1)N(C(=O)c1ccccc1)CCS2. The zero-order valence-electron chi connectivity index (χ0n) is 15.1. The van der Waals surface area contributed by atoms with Gasteiger partial charge in [-0.25, -0.2) is 0 Å². The summed E-state index contributed by atoms with van der Waals surface area (Å²) in [6.45, 7) is 1.36. The zero-order chi connectivity index (χ0) is 18.5. The second-order valence-electron chi connectivity index (χ2n) is 6.46. The second kappa shape index (κ2) is 8.38. The van der Waals surface area contributed by atoms with Crippen LogP contribution in [0.1, 0.15) is 16.8 Å². The molecule has 0 saturated carbocycles. The van der Waals surface area contributed by atoms with Crippen LogP contribution in [0.15, 0.2) is 53.4 Å². The Kier molecular flexibility index (Phi) is 5.96. The molecule has 26 heavy (non-hydrogen) atoms. The minimum atomic E-state index is -0.0250. The number of carbonyl (C=O) groups excluding carboxylic acids is 2. The first-order chi connectivity index (χ1) is 12.5. The average molecular weight is 369 g/mol. The molecule has 2 aromatic rings. The molecule has 5 nitrogen and oxygen atoms in total. The van der Waals surface area contributed by atoms with Gasteiger partial charge in [0.05, 0.1) is 5.69 Å². The summed E-state index contributed by atoms with van der Waals surface area (Å²) in [7, 11) is 3.88. The minimum Gasteiger partial charge on any atom is -0.326 e. The number of benzene rings is 2. The smallest absolute Gasteiger partial charge is 0.258 e. The van der Waals surface area contributed by atoms with E-state index in [-0.39, 0.29) is 11.8 Å². The first-order valence-corrected chi connectivity index (χ1v) is 9.61. The van der Waals surface area contributed by atoms with E-state index in [1.54, 1.807) is 16.7 Å². The molecule has 0 fully saturated rings. The molecule has 3 rings (SSSR count). The number of nitrogens with zero attached hydrogens (tertiary/aromatic N) is 2. The van der Waals surface area contributed by atoms with E-state index in [1.807, 2.05) is 67.5 Å². The quantitative estimate of drug-likeness (QED) is 0.878. The summed E-state index contributed by atoms with van der Waals surface area (Å²) in [6, 6.07) is 15.1. The number of carbonyl (C=O) groups is 2.